The first kappa shape index (κ1) is 14.6. The lowest BCUT2D eigenvalue weighted by Crippen LogP contribution is -2.30. The van der Waals surface area contributed by atoms with Gasteiger partial charge < -0.3 is 10.1 Å². The number of amides is 1. The lowest BCUT2D eigenvalue weighted by Gasteiger charge is -2.20. The van der Waals surface area contributed by atoms with E-state index in [9.17, 15) is 4.79 Å². The van der Waals surface area contributed by atoms with E-state index >= 15 is 0 Å². The highest BCUT2D eigenvalue weighted by molar-refractivity contribution is 7.98. The lowest BCUT2D eigenvalue weighted by molar-refractivity contribution is 0.157. The summed E-state index contributed by atoms with van der Waals surface area (Å²) in [4.78, 5) is 13.1. The van der Waals surface area contributed by atoms with Gasteiger partial charge in [-0.25, -0.2) is 4.79 Å². The molecule has 3 nitrogen and oxygen atoms in total. The fourth-order valence-electron chi connectivity index (χ4n) is 2.54. The number of hydrogen-bond acceptors (Lipinski definition) is 3. The van der Waals surface area contributed by atoms with Crippen LogP contribution in [0.3, 0.4) is 0 Å². The summed E-state index contributed by atoms with van der Waals surface area (Å²) in [7, 11) is 0. The molecule has 0 aromatic heterocycles. The molecule has 0 fully saturated rings. The smallest absolute Gasteiger partial charge is 0.408 e. The van der Waals surface area contributed by atoms with Crippen LogP contribution in [0.4, 0.5) is 4.79 Å². The molecule has 3 rings (SSSR count). The van der Waals surface area contributed by atoms with Gasteiger partial charge in [0.05, 0.1) is 6.04 Å². The Bertz CT molecular complexity index is 688. The quantitative estimate of drug-likeness (QED) is 0.859. The Hall–Kier alpha value is -2.38. The van der Waals surface area contributed by atoms with Gasteiger partial charge >= 0.3 is 6.09 Å². The van der Waals surface area contributed by atoms with Crippen molar-refractivity contribution >= 4 is 17.9 Å². The third-order valence-electron chi connectivity index (χ3n) is 3.53. The number of carbonyl (C=O) groups excluding carboxylic acids is 1. The van der Waals surface area contributed by atoms with E-state index in [-0.39, 0.29) is 12.6 Å². The maximum atomic E-state index is 12.0. The van der Waals surface area contributed by atoms with E-state index in [1.165, 1.54) is 10.5 Å². The van der Waals surface area contributed by atoms with Crippen LogP contribution in [0.15, 0.2) is 53.4 Å². The second-order valence-electron chi connectivity index (χ2n) is 4.88. The zero-order chi connectivity index (χ0) is 15.4. The Morgan fingerprint density at radius 3 is 2.77 bits per heavy atom. The van der Waals surface area contributed by atoms with E-state index in [0.29, 0.717) is 0 Å². The number of ether oxygens (including phenoxy) is 1. The maximum Gasteiger partial charge on any atom is 0.408 e. The van der Waals surface area contributed by atoms with Gasteiger partial charge in [0, 0.05) is 10.6 Å². The summed E-state index contributed by atoms with van der Waals surface area (Å²) < 4.78 is 4.97. The van der Waals surface area contributed by atoms with E-state index in [0.717, 1.165) is 16.9 Å². The van der Waals surface area contributed by atoms with Gasteiger partial charge in [0.15, 0.2) is 6.61 Å². The van der Waals surface area contributed by atoms with E-state index < -0.39 is 6.09 Å². The summed E-state index contributed by atoms with van der Waals surface area (Å²) >= 11 is 1.78. The molecule has 1 aliphatic heterocycles. The molecule has 0 radical (unpaired) electrons. The van der Waals surface area contributed by atoms with Crippen LogP contribution in [-0.2, 0) is 10.5 Å². The van der Waals surface area contributed by atoms with Crippen molar-refractivity contribution in [2.45, 2.75) is 16.7 Å². The summed E-state index contributed by atoms with van der Waals surface area (Å²) in [6.45, 7) is -0.0312. The molecule has 0 bridgehead atoms. The van der Waals surface area contributed by atoms with Gasteiger partial charge in [-0.3, -0.25) is 0 Å². The Balaban J connectivity index is 1.99. The largest absolute Gasteiger partial charge is 0.436 e. The monoisotopic (exact) mass is 309 g/mol. The van der Waals surface area contributed by atoms with Crippen LogP contribution in [0.1, 0.15) is 22.7 Å². The summed E-state index contributed by atoms with van der Waals surface area (Å²) in [6, 6.07) is 16.0. The number of benzene rings is 2. The molecular weight excluding hydrogens is 294 g/mol. The first-order valence-corrected chi connectivity index (χ1v) is 7.94. The molecule has 1 aliphatic rings. The molecule has 2 aromatic carbocycles. The molecule has 1 heterocycles. The van der Waals surface area contributed by atoms with Crippen LogP contribution in [0.2, 0.25) is 0 Å². The molecule has 0 spiro atoms. The van der Waals surface area contributed by atoms with Crippen molar-refractivity contribution < 1.29 is 9.53 Å². The second kappa shape index (κ2) is 6.59. The van der Waals surface area contributed by atoms with E-state index in [2.05, 4.69) is 23.4 Å². The van der Waals surface area contributed by atoms with Crippen LogP contribution in [-0.4, -0.2) is 12.7 Å². The van der Waals surface area contributed by atoms with Gasteiger partial charge in [0.2, 0.25) is 0 Å². The first-order valence-electron chi connectivity index (χ1n) is 6.96. The normalized spacial score (nSPS) is 15.7. The number of nitrogens with one attached hydrogen (secondary N) is 1. The number of carbonyl (C=O) groups is 1. The minimum absolute atomic E-state index is 0.0312. The van der Waals surface area contributed by atoms with Crippen molar-refractivity contribution in [3.8, 4) is 12.3 Å². The molecule has 1 N–H and O–H groups in total. The van der Waals surface area contributed by atoms with Gasteiger partial charge in [-0.1, -0.05) is 48.4 Å². The highest BCUT2D eigenvalue weighted by Gasteiger charge is 2.25. The van der Waals surface area contributed by atoms with Crippen molar-refractivity contribution in [3.63, 3.8) is 0 Å². The molecule has 2 aromatic rings. The molecular formula is C18H15NO2S. The summed E-state index contributed by atoms with van der Waals surface area (Å²) in [5.74, 6) is 3.18. The third-order valence-corrected chi connectivity index (χ3v) is 4.67. The average molecular weight is 309 g/mol. The maximum absolute atomic E-state index is 12.0. The van der Waals surface area contributed by atoms with Crippen LogP contribution in [0.5, 0.6) is 0 Å². The molecule has 0 saturated carbocycles. The highest BCUT2D eigenvalue weighted by Crippen LogP contribution is 2.39. The number of terminal acetylenes is 1. The molecule has 1 unspecified atom stereocenters. The topological polar surface area (TPSA) is 38.3 Å². The number of alkyl carbamates (subject to hydrolysis) is 1. The number of thioether (sulfide) groups is 1. The Morgan fingerprint density at radius 2 is 1.95 bits per heavy atom. The van der Waals surface area contributed by atoms with Crippen LogP contribution in [0, 0.1) is 12.3 Å². The van der Waals surface area contributed by atoms with Crippen LogP contribution >= 0.6 is 11.8 Å². The number of fused-ring (bicyclic) bond motifs is 2. The predicted octanol–water partition coefficient (Wildman–Crippen LogP) is 3.74. The Morgan fingerprint density at radius 1 is 1.23 bits per heavy atom. The summed E-state index contributed by atoms with van der Waals surface area (Å²) in [5, 5.41) is 2.94. The van der Waals surface area contributed by atoms with E-state index in [1.54, 1.807) is 11.8 Å². The van der Waals surface area contributed by atoms with Gasteiger partial charge in [-0.15, -0.1) is 18.2 Å². The van der Waals surface area contributed by atoms with E-state index in [1.807, 2.05) is 36.4 Å². The zero-order valence-corrected chi connectivity index (χ0v) is 12.7. The van der Waals surface area contributed by atoms with Crippen molar-refractivity contribution in [2.24, 2.45) is 0 Å². The van der Waals surface area contributed by atoms with Crippen LogP contribution < -0.4 is 5.32 Å². The summed E-state index contributed by atoms with van der Waals surface area (Å²) in [6.07, 6.45) is 4.63. The predicted molar refractivity (Wildman–Crippen MR) is 87.6 cm³/mol. The average Bonchev–Trinajstić information content (AvgIpc) is 2.71. The van der Waals surface area contributed by atoms with Crippen LogP contribution in [0.25, 0.3) is 0 Å². The number of rotatable bonds is 2. The Kier molecular flexibility index (Phi) is 4.36. The van der Waals surface area contributed by atoms with Crippen molar-refractivity contribution in [2.75, 3.05) is 6.61 Å². The minimum atomic E-state index is -0.501. The van der Waals surface area contributed by atoms with Gasteiger partial charge in [0.25, 0.3) is 0 Å². The molecule has 22 heavy (non-hydrogen) atoms. The highest BCUT2D eigenvalue weighted by atomic mass is 32.2. The fraction of sp³-hybridized carbons (Fsp3) is 0.167. The molecule has 0 saturated heterocycles. The van der Waals surface area contributed by atoms with Gasteiger partial charge in [0.1, 0.15) is 0 Å². The fourth-order valence-corrected chi connectivity index (χ4v) is 3.64. The van der Waals surface area contributed by atoms with Crippen molar-refractivity contribution in [3.05, 3.63) is 65.2 Å². The standard InChI is InChI=1S/C18H15NO2S/c1-2-11-21-18(20)19-17-14-8-4-3-7-13(14)12-22-16-10-6-5-9-15(16)17/h1,3-10,17H,11-12H2,(H,19,20). The van der Waals surface area contributed by atoms with Crippen molar-refractivity contribution in [1.82, 2.24) is 5.32 Å². The molecule has 4 heteroatoms. The molecule has 1 atom stereocenters. The zero-order valence-electron chi connectivity index (χ0n) is 11.9. The molecule has 0 aliphatic carbocycles. The molecule has 110 valence electrons. The summed E-state index contributed by atoms with van der Waals surface area (Å²) in [5.41, 5.74) is 3.39. The van der Waals surface area contributed by atoms with Crippen molar-refractivity contribution in [1.29, 1.82) is 0 Å². The van der Waals surface area contributed by atoms with E-state index in [4.69, 9.17) is 11.2 Å². The second-order valence-corrected chi connectivity index (χ2v) is 5.90. The lowest BCUT2D eigenvalue weighted by atomic mass is 9.95. The SMILES string of the molecule is C#CCOC(=O)NC1c2ccccc2CSc2ccccc21. The first-order chi connectivity index (χ1) is 10.8. The minimum Gasteiger partial charge on any atom is -0.436 e. The van der Waals surface area contributed by atoms with Gasteiger partial charge in [-0.2, -0.15) is 0 Å². The number of hydrogen-bond donors (Lipinski definition) is 1. The third kappa shape index (κ3) is 2.95. The van der Waals surface area contributed by atoms with Gasteiger partial charge in [-0.05, 0) is 22.8 Å². The molecule has 1 amide bonds. The Labute approximate surface area is 134 Å².